The van der Waals surface area contributed by atoms with Gasteiger partial charge in [-0.25, -0.2) is 0 Å². The van der Waals surface area contributed by atoms with Crippen molar-refractivity contribution in [1.82, 2.24) is 0 Å². The van der Waals surface area contributed by atoms with Gasteiger partial charge >= 0.3 is 114 Å². The van der Waals surface area contributed by atoms with Crippen LogP contribution in [0.3, 0.4) is 0 Å². The molecule has 3 nitrogen and oxygen atoms in total. The predicted octanol–water partition coefficient (Wildman–Crippen LogP) is 16.5. The number of hydrogen-bond donors (Lipinski definition) is 0. The number of hydrogen-bond acceptors (Lipinski definition) is 1. The fourth-order valence-corrected chi connectivity index (χ4v) is 38.0. The quantitative estimate of drug-likeness (QED) is 0.241. The predicted molar refractivity (Wildman–Crippen MR) is 212 cm³/mol. The van der Waals surface area contributed by atoms with Crippen LogP contribution in [0.2, 0.25) is 45.3 Å². The molecular formula is C36H83ClN3Si3V-2. The first kappa shape index (κ1) is 49.6. The van der Waals surface area contributed by atoms with E-state index in [1.54, 1.807) is 0 Å². The molecule has 0 bridgehead atoms. The van der Waals surface area contributed by atoms with Gasteiger partial charge in [-0.3, -0.25) is 0 Å². The molecule has 0 rings (SSSR count). The van der Waals surface area contributed by atoms with E-state index >= 15 is 0 Å². The number of nitrogens with one attached hydrogen (secondary N) is 2. The van der Waals surface area contributed by atoms with Crippen LogP contribution in [0.1, 0.15) is 187 Å². The molecule has 0 saturated heterocycles. The molecule has 0 amide bonds. The molecule has 44 heavy (non-hydrogen) atoms. The minimum atomic E-state index is -2.10. The van der Waals surface area contributed by atoms with Crippen LogP contribution in [0.25, 0.3) is 10.8 Å². The van der Waals surface area contributed by atoms with Crippen LogP contribution in [-0.4, -0.2) is 24.7 Å². The van der Waals surface area contributed by atoms with Gasteiger partial charge in [-0.1, -0.05) is 155 Å². The molecule has 0 aromatic rings. The molecule has 0 heterocycles. The maximum absolute atomic E-state index is 9.01. The van der Waals surface area contributed by atoms with Crippen LogP contribution in [0.15, 0.2) is 3.46 Å². The average Bonchev–Trinajstić information content (AvgIpc) is 2.63. The van der Waals surface area contributed by atoms with Gasteiger partial charge in [-0.2, -0.15) is 0 Å². The molecule has 0 atom stereocenters. The van der Waals surface area contributed by atoms with E-state index in [0.717, 1.165) is 0 Å². The Balaban J connectivity index is -0.000000575. The van der Waals surface area contributed by atoms with Gasteiger partial charge in [0.2, 0.25) is 0 Å². The van der Waals surface area contributed by atoms with Gasteiger partial charge in [0.05, 0.1) is 0 Å². The first-order valence-electron chi connectivity index (χ1n) is 16.8. The Morgan fingerprint density at radius 3 is 0.500 bits per heavy atom. The summed E-state index contributed by atoms with van der Waals surface area (Å²) in [5.41, 5.74) is 0. The Morgan fingerprint density at radius 1 is 0.341 bits per heavy atom. The zero-order valence-corrected chi connectivity index (χ0v) is 40.4. The average molecular weight is 729 g/mol. The third-order valence-electron chi connectivity index (χ3n) is 10.2. The maximum atomic E-state index is 9.01. The molecule has 0 saturated carbocycles. The topological polar surface area (TPSA) is 60.0 Å². The Bertz CT molecular complexity index is 758. The van der Waals surface area contributed by atoms with Gasteiger partial charge in [0, 0.05) is 0 Å². The summed E-state index contributed by atoms with van der Waals surface area (Å²) in [7, 11) is -0.00813. The molecule has 0 aliphatic carbocycles. The van der Waals surface area contributed by atoms with Gasteiger partial charge in [-0.05, 0) is 16.5 Å². The van der Waals surface area contributed by atoms with Crippen molar-refractivity contribution in [1.29, 1.82) is 0 Å². The van der Waals surface area contributed by atoms with E-state index in [1.165, 1.54) is 0 Å². The van der Waals surface area contributed by atoms with E-state index in [2.05, 4.69) is 187 Å². The normalized spacial score (nSPS) is 15.9. The van der Waals surface area contributed by atoms with Crippen LogP contribution >= 0.6 is 9.85 Å². The molecule has 0 aromatic carbocycles. The fourth-order valence-electron chi connectivity index (χ4n) is 10.6. The molecule has 0 spiro atoms. The van der Waals surface area contributed by atoms with Crippen LogP contribution in [0.4, 0.5) is 0 Å². The summed E-state index contributed by atoms with van der Waals surface area (Å²) in [6.07, 6.45) is 0. The van der Waals surface area contributed by atoms with Crippen LogP contribution in [0, 0.1) is 0 Å². The van der Waals surface area contributed by atoms with Gasteiger partial charge < -0.3 is 10.8 Å². The molecule has 8 heteroatoms. The zero-order chi connectivity index (χ0) is 37.4. The van der Waals surface area contributed by atoms with Crippen molar-refractivity contribution in [2.24, 2.45) is 3.46 Å². The van der Waals surface area contributed by atoms with Gasteiger partial charge in [-0.15, -0.1) is 0 Å². The van der Waals surface area contributed by atoms with E-state index in [0.29, 0.717) is 0 Å². The molecule has 0 aromatic heterocycles. The molecule has 268 valence electrons. The summed E-state index contributed by atoms with van der Waals surface area (Å²) in [6, 6.07) is 0. The Hall–Kier alpha value is 1.25. The zero-order valence-electron chi connectivity index (χ0n) is 35.3. The molecule has 0 aliphatic heterocycles. The number of nitrogens with zero attached hydrogens (tertiary/aromatic N) is 1. The van der Waals surface area contributed by atoms with E-state index in [4.69, 9.17) is 24.1 Å². The first-order chi connectivity index (χ1) is 18.3. The standard InChI is InChI=1S/2C12H28NSi.C12H27NSi.ClH.V/c3*1-10(2,3)14(13,11(4,5)6)12(7,8)9;;/h2*13H,1-9H3;1-9H3;1H;/q2*-1;;;+1/p-1. The van der Waals surface area contributed by atoms with Gasteiger partial charge in [0.25, 0.3) is 0 Å². The second kappa shape index (κ2) is 14.6. The van der Waals surface area contributed by atoms with Crippen LogP contribution in [-0.2, 0) is 15.1 Å². The van der Waals surface area contributed by atoms with E-state index < -0.39 is 24.7 Å². The van der Waals surface area contributed by atoms with E-state index in [-0.39, 0.29) is 60.5 Å². The summed E-state index contributed by atoms with van der Waals surface area (Å²) < 4.78 is 5.07. The van der Waals surface area contributed by atoms with Crippen molar-refractivity contribution < 1.29 is 15.1 Å². The van der Waals surface area contributed by atoms with Crippen molar-refractivity contribution in [3.05, 3.63) is 10.8 Å². The van der Waals surface area contributed by atoms with Gasteiger partial charge in [0.1, 0.15) is 0 Å². The number of rotatable bonds is 1. The second-order valence-electron chi connectivity index (χ2n) is 22.6. The van der Waals surface area contributed by atoms with E-state index in [1.807, 2.05) is 0 Å². The molecular weight excluding hydrogens is 645 g/mol. The van der Waals surface area contributed by atoms with Crippen molar-refractivity contribution in [3.63, 3.8) is 0 Å². The Labute approximate surface area is 294 Å². The Kier molecular flexibility index (Phi) is 16.5. The van der Waals surface area contributed by atoms with Crippen molar-refractivity contribution >= 4 is 34.6 Å². The third kappa shape index (κ3) is 10.4. The third-order valence-corrected chi connectivity index (χ3v) is 33.3. The summed E-state index contributed by atoms with van der Waals surface area (Å²) in [6.45, 7) is 61.4. The monoisotopic (exact) mass is 728 g/mol. The second-order valence-corrected chi connectivity index (χ2v) is 42.6. The van der Waals surface area contributed by atoms with Crippen LogP contribution < -0.4 is 0 Å². The summed E-state index contributed by atoms with van der Waals surface area (Å²) in [5, 5.41) is 19.5. The molecule has 0 aliphatic rings. The minimum absolute atomic E-state index is 0.128. The Morgan fingerprint density at radius 2 is 0.477 bits per heavy atom. The molecule has 0 unspecified atom stereocenters. The van der Waals surface area contributed by atoms with Crippen LogP contribution in [0.5, 0.6) is 0 Å². The van der Waals surface area contributed by atoms with Gasteiger partial charge in [0.15, 0.2) is 0 Å². The molecule has 0 fully saturated rings. The van der Waals surface area contributed by atoms with Crippen molar-refractivity contribution in [2.75, 3.05) is 0 Å². The van der Waals surface area contributed by atoms with Crippen molar-refractivity contribution in [3.8, 4) is 0 Å². The summed E-state index contributed by atoms with van der Waals surface area (Å²) in [5.74, 6) is 0. The molecule has 0 radical (unpaired) electrons. The fraction of sp³-hybridized carbons (Fsp3) is 1.00. The summed E-state index contributed by atoms with van der Waals surface area (Å²) >= 11 is -0.381. The van der Waals surface area contributed by atoms with Crippen molar-refractivity contribution in [2.45, 2.75) is 232 Å². The molecule has 2 N–H and O–H groups in total. The SMILES string of the molecule is CC(C)(C)[Si]([NH-])(C(C)(C)C)C(C)(C)C.CC(C)(C)[Si]([NH-])(C(C)(C)C)C(C)(C)C.CC(C)(C)[Si]([N]=[V][Cl])(C(C)(C)C)C(C)(C)C. The summed E-state index contributed by atoms with van der Waals surface area (Å²) in [4.78, 5) is 0. The first-order valence-corrected chi connectivity index (χ1v) is 25.3. The van der Waals surface area contributed by atoms with E-state index in [9.17, 15) is 0 Å². The number of halogens is 1.